The Morgan fingerprint density at radius 1 is 1.31 bits per heavy atom. The van der Waals surface area contributed by atoms with Crippen LogP contribution < -0.4 is 5.73 Å². The molecule has 0 amide bonds. The van der Waals surface area contributed by atoms with Crippen LogP contribution in [0.4, 0.5) is 4.39 Å². The van der Waals surface area contributed by atoms with Crippen LogP contribution in [0.3, 0.4) is 0 Å². The molecule has 0 spiro atoms. The van der Waals surface area contributed by atoms with Crippen molar-refractivity contribution in [3.8, 4) is 0 Å². The molecule has 2 nitrogen and oxygen atoms in total. The molecule has 0 saturated carbocycles. The molecule has 1 rings (SSSR count). The quantitative estimate of drug-likeness (QED) is 0.804. The SMILES string of the molecule is CCN(CC)C(CCN)c1cccc(F)c1. The van der Waals surface area contributed by atoms with Gasteiger partial charge < -0.3 is 5.73 Å². The van der Waals surface area contributed by atoms with Crippen LogP contribution in [0.15, 0.2) is 24.3 Å². The normalized spacial score (nSPS) is 13.1. The van der Waals surface area contributed by atoms with Crippen molar-refractivity contribution < 1.29 is 4.39 Å². The summed E-state index contributed by atoms with van der Waals surface area (Å²) in [5.74, 6) is -0.174. The molecule has 0 aliphatic heterocycles. The third-order valence-electron chi connectivity index (χ3n) is 2.93. The van der Waals surface area contributed by atoms with E-state index in [9.17, 15) is 4.39 Å². The minimum Gasteiger partial charge on any atom is -0.330 e. The van der Waals surface area contributed by atoms with E-state index >= 15 is 0 Å². The standard InChI is InChI=1S/C13H21FN2/c1-3-16(4-2)13(8-9-15)11-6-5-7-12(14)10-11/h5-7,10,13H,3-4,8-9,15H2,1-2H3. The predicted octanol–water partition coefficient (Wildman–Crippen LogP) is 2.56. The van der Waals surface area contributed by atoms with Crippen LogP contribution in [0, 0.1) is 5.82 Å². The first-order valence-corrected chi connectivity index (χ1v) is 5.92. The van der Waals surface area contributed by atoms with Gasteiger partial charge in [-0.3, -0.25) is 4.90 Å². The maximum atomic E-state index is 13.2. The number of benzene rings is 1. The van der Waals surface area contributed by atoms with Gasteiger partial charge in [0, 0.05) is 6.04 Å². The molecule has 0 fully saturated rings. The number of halogens is 1. The molecule has 1 aromatic carbocycles. The topological polar surface area (TPSA) is 29.3 Å². The highest BCUT2D eigenvalue weighted by molar-refractivity contribution is 5.20. The van der Waals surface area contributed by atoms with E-state index in [0.29, 0.717) is 6.54 Å². The Balaban J connectivity index is 2.91. The summed E-state index contributed by atoms with van der Waals surface area (Å²) in [5.41, 5.74) is 6.65. The Hall–Kier alpha value is -0.930. The van der Waals surface area contributed by atoms with E-state index in [1.807, 2.05) is 6.07 Å². The fraction of sp³-hybridized carbons (Fsp3) is 0.538. The molecule has 1 atom stereocenters. The van der Waals surface area contributed by atoms with Gasteiger partial charge in [0.15, 0.2) is 0 Å². The number of nitrogens with two attached hydrogens (primary N) is 1. The van der Waals surface area contributed by atoms with Crippen molar-refractivity contribution in [1.29, 1.82) is 0 Å². The Morgan fingerprint density at radius 2 is 2.00 bits per heavy atom. The first-order valence-electron chi connectivity index (χ1n) is 5.92. The van der Waals surface area contributed by atoms with Gasteiger partial charge >= 0.3 is 0 Å². The summed E-state index contributed by atoms with van der Waals surface area (Å²) < 4.78 is 13.2. The summed E-state index contributed by atoms with van der Waals surface area (Å²) in [4.78, 5) is 2.31. The molecule has 1 aromatic rings. The van der Waals surface area contributed by atoms with Crippen LogP contribution in [0.1, 0.15) is 31.9 Å². The zero-order valence-electron chi connectivity index (χ0n) is 10.1. The maximum absolute atomic E-state index is 13.2. The summed E-state index contributed by atoms with van der Waals surface area (Å²) in [6, 6.07) is 7.05. The van der Waals surface area contributed by atoms with E-state index in [1.54, 1.807) is 12.1 Å². The molecule has 0 bridgehead atoms. The summed E-state index contributed by atoms with van der Waals surface area (Å²) in [6.07, 6.45) is 0.866. The van der Waals surface area contributed by atoms with E-state index < -0.39 is 0 Å². The smallest absolute Gasteiger partial charge is 0.123 e. The Morgan fingerprint density at radius 3 is 2.50 bits per heavy atom. The number of nitrogens with zero attached hydrogens (tertiary/aromatic N) is 1. The molecule has 0 aliphatic carbocycles. The average molecular weight is 224 g/mol. The first-order chi connectivity index (χ1) is 7.72. The van der Waals surface area contributed by atoms with Crippen molar-refractivity contribution in [3.63, 3.8) is 0 Å². The van der Waals surface area contributed by atoms with Gasteiger partial charge in [-0.1, -0.05) is 26.0 Å². The molecule has 1 unspecified atom stereocenters. The van der Waals surface area contributed by atoms with Gasteiger partial charge in [-0.15, -0.1) is 0 Å². The van der Waals surface area contributed by atoms with Gasteiger partial charge in [-0.05, 0) is 43.8 Å². The van der Waals surface area contributed by atoms with Gasteiger partial charge in [0.1, 0.15) is 5.82 Å². The number of hydrogen-bond acceptors (Lipinski definition) is 2. The van der Waals surface area contributed by atoms with Crippen LogP contribution >= 0.6 is 0 Å². The van der Waals surface area contributed by atoms with Gasteiger partial charge in [0.25, 0.3) is 0 Å². The Labute approximate surface area is 97.3 Å². The number of hydrogen-bond donors (Lipinski definition) is 1. The van der Waals surface area contributed by atoms with Crippen LogP contribution in [0.25, 0.3) is 0 Å². The molecule has 0 radical (unpaired) electrons. The summed E-state index contributed by atoms with van der Waals surface area (Å²) in [7, 11) is 0. The lowest BCUT2D eigenvalue weighted by atomic mass is 10.0. The second kappa shape index (κ2) is 6.61. The second-order valence-electron chi connectivity index (χ2n) is 3.87. The van der Waals surface area contributed by atoms with Crippen molar-refractivity contribution in [2.45, 2.75) is 26.3 Å². The fourth-order valence-corrected chi connectivity index (χ4v) is 2.10. The summed E-state index contributed by atoms with van der Waals surface area (Å²) in [5, 5.41) is 0. The fourth-order valence-electron chi connectivity index (χ4n) is 2.10. The van der Waals surface area contributed by atoms with Gasteiger partial charge in [-0.2, -0.15) is 0 Å². The van der Waals surface area contributed by atoms with E-state index in [2.05, 4.69) is 18.7 Å². The van der Waals surface area contributed by atoms with E-state index in [4.69, 9.17) is 5.73 Å². The third kappa shape index (κ3) is 3.29. The van der Waals surface area contributed by atoms with Crippen LogP contribution in [0.5, 0.6) is 0 Å². The van der Waals surface area contributed by atoms with E-state index in [-0.39, 0.29) is 11.9 Å². The van der Waals surface area contributed by atoms with Crippen molar-refractivity contribution in [3.05, 3.63) is 35.6 Å². The molecular weight excluding hydrogens is 203 g/mol. The van der Waals surface area contributed by atoms with Crippen LogP contribution in [-0.2, 0) is 0 Å². The lowest BCUT2D eigenvalue weighted by Crippen LogP contribution is -2.30. The molecule has 90 valence electrons. The van der Waals surface area contributed by atoms with Crippen molar-refractivity contribution >= 4 is 0 Å². The molecule has 3 heteroatoms. The highest BCUT2D eigenvalue weighted by Gasteiger charge is 2.17. The zero-order valence-corrected chi connectivity index (χ0v) is 10.1. The molecule has 0 heterocycles. The molecule has 2 N–H and O–H groups in total. The van der Waals surface area contributed by atoms with E-state index in [0.717, 1.165) is 25.1 Å². The maximum Gasteiger partial charge on any atom is 0.123 e. The molecule has 16 heavy (non-hydrogen) atoms. The second-order valence-corrected chi connectivity index (χ2v) is 3.87. The van der Waals surface area contributed by atoms with Crippen molar-refractivity contribution in [1.82, 2.24) is 4.90 Å². The van der Waals surface area contributed by atoms with Gasteiger partial charge in [0.2, 0.25) is 0 Å². The lowest BCUT2D eigenvalue weighted by Gasteiger charge is -2.29. The predicted molar refractivity (Wildman–Crippen MR) is 65.7 cm³/mol. The van der Waals surface area contributed by atoms with Gasteiger partial charge in [-0.25, -0.2) is 4.39 Å². The monoisotopic (exact) mass is 224 g/mol. The minimum absolute atomic E-state index is 0.174. The Bertz CT molecular complexity index is 311. The first kappa shape index (κ1) is 13.1. The molecule has 0 aromatic heterocycles. The average Bonchev–Trinajstić information content (AvgIpc) is 2.29. The molecule has 0 saturated heterocycles. The summed E-state index contributed by atoms with van der Waals surface area (Å²) >= 11 is 0. The van der Waals surface area contributed by atoms with Gasteiger partial charge in [0.05, 0.1) is 0 Å². The lowest BCUT2D eigenvalue weighted by molar-refractivity contribution is 0.210. The van der Waals surface area contributed by atoms with E-state index in [1.165, 1.54) is 6.07 Å². The minimum atomic E-state index is -0.174. The number of rotatable bonds is 6. The highest BCUT2D eigenvalue weighted by atomic mass is 19.1. The van der Waals surface area contributed by atoms with Crippen LogP contribution in [0.2, 0.25) is 0 Å². The largest absolute Gasteiger partial charge is 0.330 e. The summed E-state index contributed by atoms with van der Waals surface area (Å²) in [6.45, 7) is 6.77. The molecular formula is C13H21FN2. The van der Waals surface area contributed by atoms with Crippen LogP contribution in [-0.4, -0.2) is 24.5 Å². The van der Waals surface area contributed by atoms with Crippen molar-refractivity contribution in [2.24, 2.45) is 5.73 Å². The third-order valence-corrected chi connectivity index (χ3v) is 2.93. The molecule has 0 aliphatic rings. The highest BCUT2D eigenvalue weighted by Crippen LogP contribution is 2.23. The Kier molecular flexibility index (Phi) is 5.43. The van der Waals surface area contributed by atoms with Crippen molar-refractivity contribution in [2.75, 3.05) is 19.6 Å². The zero-order chi connectivity index (χ0) is 12.0.